The third kappa shape index (κ3) is 5.49. The first-order valence-corrected chi connectivity index (χ1v) is 9.62. The van der Waals surface area contributed by atoms with Crippen LogP contribution < -0.4 is 10.0 Å². The van der Waals surface area contributed by atoms with Gasteiger partial charge in [-0.1, -0.05) is 6.92 Å². The summed E-state index contributed by atoms with van der Waals surface area (Å²) in [5.74, 6) is 0.609. The van der Waals surface area contributed by atoms with Gasteiger partial charge in [-0.05, 0) is 51.7 Å². The molecule has 0 amide bonds. The summed E-state index contributed by atoms with van der Waals surface area (Å²) in [5.41, 5.74) is 0. The summed E-state index contributed by atoms with van der Waals surface area (Å²) in [6.45, 7) is 6.67. The molecule has 124 valence electrons. The summed E-state index contributed by atoms with van der Waals surface area (Å²) in [4.78, 5) is 2.24. The van der Waals surface area contributed by atoms with E-state index in [1.54, 1.807) is 4.31 Å². The molecule has 0 atom stereocenters. The molecule has 0 bridgehead atoms. The fraction of sp³-hybridized carbons (Fsp3) is 1.00. The largest absolute Gasteiger partial charge is 0.317 e. The molecule has 1 aliphatic carbocycles. The average Bonchev–Trinajstić information content (AvgIpc) is 3.30. The Bertz CT molecular complexity index is 403. The van der Waals surface area contributed by atoms with E-state index in [0.717, 1.165) is 32.5 Å². The van der Waals surface area contributed by atoms with Gasteiger partial charge < -0.3 is 10.2 Å². The minimum absolute atomic E-state index is 0.507. The minimum atomic E-state index is -3.29. The second kappa shape index (κ2) is 7.87. The van der Waals surface area contributed by atoms with E-state index in [1.807, 2.05) is 0 Å². The van der Waals surface area contributed by atoms with E-state index in [0.29, 0.717) is 31.6 Å². The van der Waals surface area contributed by atoms with Crippen molar-refractivity contribution in [1.29, 1.82) is 0 Å². The Labute approximate surface area is 129 Å². The van der Waals surface area contributed by atoms with Crippen LogP contribution in [0.4, 0.5) is 0 Å². The molecular formula is C14H30N4O2S. The van der Waals surface area contributed by atoms with Gasteiger partial charge in [0.1, 0.15) is 0 Å². The maximum absolute atomic E-state index is 12.3. The Morgan fingerprint density at radius 3 is 2.43 bits per heavy atom. The first kappa shape index (κ1) is 17.1. The van der Waals surface area contributed by atoms with Crippen LogP contribution in [0.15, 0.2) is 0 Å². The Morgan fingerprint density at radius 2 is 1.86 bits per heavy atom. The molecule has 2 fully saturated rings. The second-order valence-electron chi connectivity index (χ2n) is 6.26. The number of nitrogens with zero attached hydrogens (tertiary/aromatic N) is 2. The molecule has 1 saturated carbocycles. The molecule has 0 aromatic carbocycles. The molecule has 0 radical (unpaired) electrons. The number of piperidine rings is 1. The first-order valence-electron chi connectivity index (χ1n) is 8.18. The van der Waals surface area contributed by atoms with E-state index in [4.69, 9.17) is 0 Å². The van der Waals surface area contributed by atoms with Crippen LogP contribution in [0.25, 0.3) is 0 Å². The molecule has 2 aliphatic rings. The molecule has 0 aromatic heterocycles. The fourth-order valence-electron chi connectivity index (χ4n) is 2.84. The predicted molar refractivity (Wildman–Crippen MR) is 85.4 cm³/mol. The van der Waals surface area contributed by atoms with Crippen molar-refractivity contribution >= 4 is 10.2 Å². The van der Waals surface area contributed by atoms with Crippen LogP contribution in [0.1, 0.15) is 32.6 Å². The molecule has 1 heterocycles. The zero-order valence-electron chi connectivity index (χ0n) is 13.3. The van der Waals surface area contributed by atoms with Gasteiger partial charge in [-0.2, -0.15) is 12.7 Å². The number of hydrogen-bond donors (Lipinski definition) is 2. The number of rotatable bonds is 9. The highest BCUT2D eigenvalue weighted by atomic mass is 32.2. The van der Waals surface area contributed by atoms with Gasteiger partial charge in [0.2, 0.25) is 0 Å². The molecule has 6 nitrogen and oxygen atoms in total. The second-order valence-corrected chi connectivity index (χ2v) is 8.02. The molecule has 2 N–H and O–H groups in total. The molecule has 0 spiro atoms. The SMILES string of the molecule is CCNCC1CCN(S(=O)(=O)NCCN(C)C2CC2)CC1. The lowest BCUT2D eigenvalue weighted by molar-refractivity contribution is 0.264. The molecule has 1 saturated heterocycles. The van der Waals surface area contributed by atoms with E-state index >= 15 is 0 Å². The van der Waals surface area contributed by atoms with Crippen molar-refractivity contribution in [2.24, 2.45) is 5.92 Å². The van der Waals surface area contributed by atoms with E-state index < -0.39 is 10.2 Å². The Morgan fingerprint density at radius 1 is 1.19 bits per heavy atom. The van der Waals surface area contributed by atoms with Gasteiger partial charge in [-0.15, -0.1) is 0 Å². The topological polar surface area (TPSA) is 64.7 Å². The van der Waals surface area contributed by atoms with Gasteiger partial charge in [-0.3, -0.25) is 0 Å². The third-order valence-corrected chi connectivity index (χ3v) is 6.13. The lowest BCUT2D eigenvalue weighted by Gasteiger charge is -2.31. The van der Waals surface area contributed by atoms with E-state index in [-0.39, 0.29) is 0 Å². The van der Waals surface area contributed by atoms with Crippen LogP contribution in [0.2, 0.25) is 0 Å². The van der Waals surface area contributed by atoms with Crippen molar-refractivity contribution in [2.75, 3.05) is 46.3 Å². The lowest BCUT2D eigenvalue weighted by atomic mass is 9.98. The van der Waals surface area contributed by atoms with Gasteiger partial charge in [-0.25, -0.2) is 4.72 Å². The summed E-state index contributed by atoms with van der Waals surface area (Å²) < 4.78 is 28.9. The van der Waals surface area contributed by atoms with E-state index in [2.05, 4.69) is 28.9 Å². The molecule has 7 heteroatoms. The van der Waals surface area contributed by atoms with Gasteiger partial charge in [0.05, 0.1) is 0 Å². The van der Waals surface area contributed by atoms with Crippen molar-refractivity contribution in [3.05, 3.63) is 0 Å². The Kier molecular flexibility index (Phi) is 6.43. The molecule has 2 rings (SSSR count). The summed E-state index contributed by atoms with van der Waals surface area (Å²) in [5, 5.41) is 3.35. The van der Waals surface area contributed by atoms with Crippen molar-refractivity contribution in [3.63, 3.8) is 0 Å². The van der Waals surface area contributed by atoms with Crippen LogP contribution >= 0.6 is 0 Å². The van der Waals surface area contributed by atoms with Crippen molar-refractivity contribution in [3.8, 4) is 0 Å². The van der Waals surface area contributed by atoms with E-state index in [1.165, 1.54) is 12.8 Å². The average molecular weight is 318 g/mol. The highest BCUT2D eigenvalue weighted by molar-refractivity contribution is 7.87. The van der Waals surface area contributed by atoms with Crippen LogP contribution in [0, 0.1) is 5.92 Å². The molecule has 21 heavy (non-hydrogen) atoms. The summed E-state index contributed by atoms with van der Waals surface area (Å²) in [6, 6.07) is 0.677. The minimum Gasteiger partial charge on any atom is -0.317 e. The fourth-order valence-corrected chi connectivity index (χ4v) is 4.07. The van der Waals surface area contributed by atoms with Crippen molar-refractivity contribution < 1.29 is 8.42 Å². The number of hydrogen-bond acceptors (Lipinski definition) is 4. The van der Waals surface area contributed by atoms with Gasteiger partial charge in [0.15, 0.2) is 0 Å². The van der Waals surface area contributed by atoms with Gasteiger partial charge in [0.25, 0.3) is 10.2 Å². The highest BCUT2D eigenvalue weighted by Gasteiger charge is 2.29. The van der Waals surface area contributed by atoms with Gasteiger partial charge >= 0.3 is 0 Å². The molecule has 0 aromatic rings. The van der Waals surface area contributed by atoms with Crippen LogP contribution in [-0.4, -0.2) is 70.0 Å². The quantitative estimate of drug-likeness (QED) is 0.639. The maximum atomic E-state index is 12.3. The van der Waals surface area contributed by atoms with Gasteiger partial charge in [0, 0.05) is 32.2 Å². The first-order chi connectivity index (χ1) is 10.0. The zero-order chi connectivity index (χ0) is 15.3. The third-order valence-electron chi connectivity index (χ3n) is 4.52. The smallest absolute Gasteiger partial charge is 0.279 e. The van der Waals surface area contributed by atoms with Crippen LogP contribution in [0.5, 0.6) is 0 Å². The monoisotopic (exact) mass is 318 g/mol. The van der Waals surface area contributed by atoms with Crippen LogP contribution in [0.3, 0.4) is 0 Å². The predicted octanol–water partition coefficient (Wildman–Crippen LogP) is 0.237. The van der Waals surface area contributed by atoms with Crippen molar-refractivity contribution in [1.82, 2.24) is 19.2 Å². The Hall–Kier alpha value is -0.210. The summed E-state index contributed by atoms with van der Waals surface area (Å²) >= 11 is 0. The van der Waals surface area contributed by atoms with Crippen LogP contribution in [-0.2, 0) is 10.2 Å². The standard InChI is InChI=1S/C14H30N4O2S/c1-3-15-12-13-6-9-18(10-7-13)21(19,20)16-8-11-17(2)14-4-5-14/h13-16H,3-12H2,1-2H3. The maximum Gasteiger partial charge on any atom is 0.279 e. The molecule has 1 aliphatic heterocycles. The summed E-state index contributed by atoms with van der Waals surface area (Å²) in [6.07, 6.45) is 4.41. The molecular weight excluding hydrogens is 288 g/mol. The lowest BCUT2D eigenvalue weighted by Crippen LogP contribution is -2.47. The highest BCUT2D eigenvalue weighted by Crippen LogP contribution is 2.24. The summed E-state index contributed by atoms with van der Waals surface area (Å²) in [7, 11) is -1.22. The van der Waals surface area contributed by atoms with Crippen molar-refractivity contribution in [2.45, 2.75) is 38.6 Å². The zero-order valence-corrected chi connectivity index (χ0v) is 14.2. The van der Waals surface area contributed by atoms with E-state index in [9.17, 15) is 8.42 Å². The normalized spacial score (nSPS) is 22.0. The molecule has 0 unspecified atom stereocenters. The Balaban J connectivity index is 1.67. The number of likely N-dealkylation sites (N-methyl/N-ethyl adjacent to an activating group) is 1. The number of nitrogens with one attached hydrogen (secondary N) is 2.